The summed E-state index contributed by atoms with van der Waals surface area (Å²) in [6.07, 6.45) is 1.98. The van der Waals surface area contributed by atoms with Gasteiger partial charge < -0.3 is 4.40 Å². The number of aromatic nitrogens is 2. The molecule has 138 valence electrons. The summed E-state index contributed by atoms with van der Waals surface area (Å²) in [5.41, 5.74) is 8.19. The fraction of sp³-hybridized carbons (Fsp3) is 0.0400. The Balaban J connectivity index is 1.93. The molecule has 0 aliphatic rings. The number of halogens is 1. The third-order valence-electron chi connectivity index (χ3n) is 5.20. The first-order valence-electron chi connectivity index (χ1n) is 9.32. The van der Waals surface area contributed by atoms with Gasteiger partial charge in [-0.1, -0.05) is 59.6 Å². The highest BCUT2D eigenvalue weighted by Crippen LogP contribution is 2.36. The molecule has 0 radical (unpaired) electrons. The van der Waals surface area contributed by atoms with Gasteiger partial charge in [-0.25, -0.2) is 4.98 Å². The van der Waals surface area contributed by atoms with Crippen molar-refractivity contribution in [2.24, 2.45) is 0 Å². The van der Waals surface area contributed by atoms with E-state index in [4.69, 9.17) is 16.6 Å². The first-order chi connectivity index (χ1) is 14.2. The predicted molar refractivity (Wildman–Crippen MR) is 118 cm³/mol. The Morgan fingerprint density at radius 3 is 2.38 bits per heavy atom. The molecule has 3 aromatic heterocycles. The van der Waals surface area contributed by atoms with Crippen molar-refractivity contribution in [1.82, 2.24) is 9.38 Å². The maximum Gasteiger partial charge on any atom is 0.108 e. The summed E-state index contributed by atoms with van der Waals surface area (Å²) in [5, 5.41) is 10.6. The van der Waals surface area contributed by atoms with Crippen LogP contribution in [0.15, 0.2) is 79.0 Å². The zero-order valence-electron chi connectivity index (χ0n) is 15.7. The molecule has 0 saturated heterocycles. The third-order valence-corrected chi connectivity index (χ3v) is 5.45. The largest absolute Gasteiger partial charge is 0.313 e. The van der Waals surface area contributed by atoms with Gasteiger partial charge in [-0.2, -0.15) is 5.26 Å². The van der Waals surface area contributed by atoms with Gasteiger partial charge in [0.1, 0.15) is 17.1 Å². The van der Waals surface area contributed by atoms with Crippen molar-refractivity contribution in [1.29, 1.82) is 5.26 Å². The molecule has 0 aliphatic heterocycles. The molecule has 2 aromatic carbocycles. The lowest BCUT2D eigenvalue weighted by molar-refractivity contribution is 1.25. The van der Waals surface area contributed by atoms with Crippen molar-refractivity contribution in [2.45, 2.75) is 6.92 Å². The number of hydrogen-bond donors (Lipinski definition) is 0. The van der Waals surface area contributed by atoms with Gasteiger partial charge in [-0.05, 0) is 42.8 Å². The van der Waals surface area contributed by atoms with E-state index in [1.165, 1.54) is 5.56 Å². The monoisotopic (exact) mass is 393 g/mol. The van der Waals surface area contributed by atoms with Crippen LogP contribution in [0.2, 0.25) is 5.02 Å². The molecule has 0 spiro atoms. The summed E-state index contributed by atoms with van der Waals surface area (Å²) < 4.78 is 2.05. The first kappa shape index (κ1) is 17.5. The minimum absolute atomic E-state index is 0.588. The number of hydrogen-bond acceptors (Lipinski definition) is 2. The quantitative estimate of drug-likeness (QED) is 0.336. The number of nitriles is 1. The van der Waals surface area contributed by atoms with Crippen molar-refractivity contribution >= 4 is 28.2 Å². The number of rotatable bonds is 2. The van der Waals surface area contributed by atoms with Crippen LogP contribution in [-0.4, -0.2) is 9.38 Å². The smallest absolute Gasteiger partial charge is 0.108 e. The molecule has 3 nitrogen and oxygen atoms in total. The van der Waals surface area contributed by atoms with E-state index < -0.39 is 0 Å². The summed E-state index contributed by atoms with van der Waals surface area (Å²) in [5.74, 6) is 0. The van der Waals surface area contributed by atoms with Crippen LogP contribution in [0.5, 0.6) is 0 Å². The van der Waals surface area contributed by atoms with E-state index in [9.17, 15) is 5.26 Å². The van der Waals surface area contributed by atoms with Crippen molar-refractivity contribution in [3.05, 3.63) is 95.1 Å². The van der Waals surface area contributed by atoms with Crippen LogP contribution >= 0.6 is 11.6 Å². The maximum atomic E-state index is 9.90. The molecule has 0 unspecified atom stereocenters. The minimum atomic E-state index is 0.588. The van der Waals surface area contributed by atoms with Crippen LogP contribution in [0, 0.1) is 18.3 Å². The van der Waals surface area contributed by atoms with Crippen LogP contribution in [0.25, 0.3) is 38.9 Å². The van der Waals surface area contributed by atoms with Crippen molar-refractivity contribution in [3.8, 4) is 28.5 Å². The normalized spacial score (nSPS) is 11.1. The molecule has 0 atom stereocenters. The Morgan fingerprint density at radius 2 is 1.66 bits per heavy atom. The van der Waals surface area contributed by atoms with E-state index in [0.29, 0.717) is 16.1 Å². The second kappa shape index (κ2) is 6.77. The highest BCUT2D eigenvalue weighted by molar-refractivity contribution is 6.30. The second-order valence-corrected chi connectivity index (χ2v) is 7.50. The fourth-order valence-corrected chi connectivity index (χ4v) is 3.88. The van der Waals surface area contributed by atoms with Gasteiger partial charge >= 0.3 is 0 Å². The van der Waals surface area contributed by atoms with E-state index in [1.807, 2.05) is 53.1 Å². The SMILES string of the molecule is Cc1ccc(-c2cc(-c3ccc(Cl)cc3)c3c(n2)c(C#N)c2ccccn23)cc1. The van der Waals surface area contributed by atoms with E-state index in [1.54, 1.807) is 0 Å². The lowest BCUT2D eigenvalue weighted by atomic mass is 10.0. The van der Waals surface area contributed by atoms with Crippen LogP contribution < -0.4 is 0 Å². The topological polar surface area (TPSA) is 41.1 Å². The third kappa shape index (κ3) is 2.86. The second-order valence-electron chi connectivity index (χ2n) is 7.07. The highest BCUT2D eigenvalue weighted by Gasteiger charge is 2.19. The predicted octanol–water partition coefficient (Wildman–Crippen LogP) is 6.66. The van der Waals surface area contributed by atoms with E-state index in [-0.39, 0.29) is 0 Å². The Kier molecular flexibility index (Phi) is 4.08. The molecule has 29 heavy (non-hydrogen) atoms. The molecule has 0 N–H and O–H groups in total. The van der Waals surface area contributed by atoms with Gasteiger partial charge in [-0.3, -0.25) is 0 Å². The molecule has 0 fully saturated rings. The summed E-state index contributed by atoms with van der Waals surface area (Å²) in [7, 11) is 0. The maximum absolute atomic E-state index is 9.90. The zero-order chi connectivity index (χ0) is 20.0. The molecular weight excluding hydrogens is 378 g/mol. The summed E-state index contributed by atoms with van der Waals surface area (Å²) in [4.78, 5) is 4.92. The zero-order valence-corrected chi connectivity index (χ0v) is 16.5. The molecule has 0 bridgehead atoms. The van der Waals surface area contributed by atoms with Crippen molar-refractivity contribution in [2.75, 3.05) is 0 Å². The van der Waals surface area contributed by atoms with Gasteiger partial charge in [0, 0.05) is 22.3 Å². The standard InChI is InChI=1S/C25H16ClN3/c1-16-5-7-18(8-6-16)22-14-20(17-9-11-19(26)12-10-17)25-24(28-22)21(15-27)23-4-2-3-13-29(23)25/h2-14H,1H3. The molecule has 0 saturated carbocycles. The first-order valence-corrected chi connectivity index (χ1v) is 9.70. The minimum Gasteiger partial charge on any atom is -0.313 e. The molecule has 5 aromatic rings. The molecule has 0 amide bonds. The Bertz CT molecular complexity index is 1410. The van der Waals surface area contributed by atoms with Crippen LogP contribution in [-0.2, 0) is 0 Å². The van der Waals surface area contributed by atoms with Crippen LogP contribution in [0.3, 0.4) is 0 Å². The summed E-state index contributed by atoms with van der Waals surface area (Å²) >= 11 is 6.12. The fourth-order valence-electron chi connectivity index (χ4n) is 3.75. The Hall–Kier alpha value is -3.61. The summed E-state index contributed by atoms with van der Waals surface area (Å²) in [6, 6.07) is 26.4. The van der Waals surface area contributed by atoms with Crippen molar-refractivity contribution in [3.63, 3.8) is 0 Å². The number of fused-ring (bicyclic) bond motifs is 3. The van der Waals surface area contributed by atoms with E-state index >= 15 is 0 Å². The van der Waals surface area contributed by atoms with Crippen LogP contribution in [0.4, 0.5) is 0 Å². The van der Waals surface area contributed by atoms with Gasteiger partial charge in [0.05, 0.1) is 16.7 Å². The Labute approximate surface area is 173 Å². The number of pyridine rings is 2. The van der Waals surface area contributed by atoms with Crippen LogP contribution in [0.1, 0.15) is 11.1 Å². The lowest BCUT2D eigenvalue weighted by Gasteiger charge is -2.10. The lowest BCUT2D eigenvalue weighted by Crippen LogP contribution is -1.91. The van der Waals surface area contributed by atoms with Gasteiger partial charge in [0.25, 0.3) is 0 Å². The average Bonchev–Trinajstić information content (AvgIpc) is 3.08. The highest BCUT2D eigenvalue weighted by atomic mass is 35.5. The van der Waals surface area contributed by atoms with Crippen molar-refractivity contribution < 1.29 is 0 Å². The molecule has 3 heterocycles. The average molecular weight is 394 g/mol. The molecule has 4 heteroatoms. The Morgan fingerprint density at radius 1 is 0.931 bits per heavy atom. The van der Waals surface area contributed by atoms with Gasteiger partial charge in [0.2, 0.25) is 0 Å². The number of benzene rings is 2. The molecular formula is C25H16ClN3. The number of aryl methyl sites for hydroxylation is 1. The summed E-state index contributed by atoms with van der Waals surface area (Å²) in [6.45, 7) is 2.06. The van der Waals surface area contributed by atoms with E-state index in [0.717, 1.165) is 33.4 Å². The molecule has 0 aliphatic carbocycles. The van der Waals surface area contributed by atoms with Gasteiger partial charge in [-0.15, -0.1) is 0 Å². The number of nitrogens with zero attached hydrogens (tertiary/aromatic N) is 3. The molecule has 5 rings (SSSR count). The van der Waals surface area contributed by atoms with Gasteiger partial charge in [0.15, 0.2) is 0 Å². The van der Waals surface area contributed by atoms with E-state index in [2.05, 4.69) is 43.3 Å².